The number of fused-ring (bicyclic) bond motifs is 1. The maximum absolute atomic E-state index is 5.39. The van der Waals surface area contributed by atoms with Crippen molar-refractivity contribution >= 4 is 10.8 Å². The Morgan fingerprint density at radius 2 is 1.81 bits per heavy atom. The van der Waals surface area contributed by atoms with Crippen molar-refractivity contribution < 1.29 is 4.42 Å². The molecule has 16 heavy (non-hydrogen) atoms. The van der Waals surface area contributed by atoms with Crippen LogP contribution in [0.3, 0.4) is 0 Å². The third kappa shape index (κ3) is 1.48. The molecule has 3 aromatic rings. The second kappa shape index (κ2) is 3.49. The number of hydrogen-bond acceptors (Lipinski definition) is 2. The van der Waals surface area contributed by atoms with Gasteiger partial charge in [0.1, 0.15) is 6.26 Å². The SMILES string of the molecule is Cc1coc(-c2ccc3ccccc3c2)n1. The molecule has 0 aliphatic heterocycles. The van der Waals surface area contributed by atoms with Gasteiger partial charge in [-0.1, -0.05) is 30.3 Å². The maximum Gasteiger partial charge on any atom is 0.226 e. The van der Waals surface area contributed by atoms with Gasteiger partial charge >= 0.3 is 0 Å². The molecule has 0 radical (unpaired) electrons. The van der Waals surface area contributed by atoms with Crippen LogP contribution in [0.2, 0.25) is 0 Å². The topological polar surface area (TPSA) is 26.0 Å². The number of aryl methyl sites for hydroxylation is 1. The van der Waals surface area contributed by atoms with Gasteiger partial charge in [0, 0.05) is 5.56 Å². The van der Waals surface area contributed by atoms with E-state index in [4.69, 9.17) is 4.42 Å². The molecule has 2 aromatic carbocycles. The summed E-state index contributed by atoms with van der Waals surface area (Å²) in [5, 5.41) is 2.44. The molecular weight excluding hydrogens is 198 g/mol. The molecule has 1 aromatic heterocycles. The summed E-state index contributed by atoms with van der Waals surface area (Å²) in [7, 11) is 0. The average Bonchev–Trinajstić information content (AvgIpc) is 2.75. The van der Waals surface area contributed by atoms with E-state index in [-0.39, 0.29) is 0 Å². The van der Waals surface area contributed by atoms with Crippen LogP contribution in [0.5, 0.6) is 0 Å². The molecule has 0 spiro atoms. The van der Waals surface area contributed by atoms with E-state index in [2.05, 4.69) is 29.2 Å². The van der Waals surface area contributed by atoms with Gasteiger partial charge in [0.25, 0.3) is 0 Å². The highest BCUT2D eigenvalue weighted by Crippen LogP contribution is 2.23. The van der Waals surface area contributed by atoms with Gasteiger partial charge in [0.2, 0.25) is 5.89 Å². The molecule has 78 valence electrons. The lowest BCUT2D eigenvalue weighted by molar-refractivity contribution is 0.573. The van der Waals surface area contributed by atoms with Crippen LogP contribution in [0.25, 0.3) is 22.2 Å². The quantitative estimate of drug-likeness (QED) is 0.609. The molecule has 0 saturated carbocycles. The predicted octanol–water partition coefficient (Wildman–Crippen LogP) is 3.80. The fourth-order valence-electron chi connectivity index (χ4n) is 1.81. The predicted molar refractivity (Wildman–Crippen MR) is 64.2 cm³/mol. The highest BCUT2D eigenvalue weighted by molar-refractivity contribution is 5.86. The van der Waals surface area contributed by atoms with Crippen LogP contribution >= 0.6 is 0 Å². The summed E-state index contributed by atoms with van der Waals surface area (Å²) in [4.78, 5) is 4.32. The Labute approximate surface area is 93.5 Å². The summed E-state index contributed by atoms with van der Waals surface area (Å²) in [6.45, 7) is 1.92. The van der Waals surface area contributed by atoms with Crippen molar-refractivity contribution in [2.24, 2.45) is 0 Å². The third-order valence-electron chi connectivity index (χ3n) is 2.62. The minimum absolute atomic E-state index is 0.684. The zero-order valence-corrected chi connectivity index (χ0v) is 8.97. The molecule has 1 heterocycles. The van der Waals surface area contributed by atoms with Crippen LogP contribution in [0.4, 0.5) is 0 Å². The largest absolute Gasteiger partial charge is 0.444 e. The summed E-state index contributed by atoms with van der Waals surface area (Å²) in [6.07, 6.45) is 1.67. The van der Waals surface area contributed by atoms with Gasteiger partial charge in [-0.15, -0.1) is 0 Å². The Kier molecular flexibility index (Phi) is 2.00. The highest BCUT2D eigenvalue weighted by atomic mass is 16.3. The van der Waals surface area contributed by atoms with E-state index >= 15 is 0 Å². The van der Waals surface area contributed by atoms with E-state index in [1.807, 2.05) is 25.1 Å². The van der Waals surface area contributed by atoms with Crippen LogP contribution in [-0.2, 0) is 0 Å². The molecule has 0 aliphatic carbocycles. The summed E-state index contributed by atoms with van der Waals surface area (Å²) in [6, 6.07) is 14.5. The van der Waals surface area contributed by atoms with Crippen molar-refractivity contribution in [3.05, 3.63) is 54.4 Å². The van der Waals surface area contributed by atoms with E-state index in [9.17, 15) is 0 Å². The number of rotatable bonds is 1. The minimum atomic E-state index is 0.684. The number of hydrogen-bond donors (Lipinski definition) is 0. The van der Waals surface area contributed by atoms with Crippen LogP contribution in [-0.4, -0.2) is 4.98 Å². The van der Waals surface area contributed by atoms with Crippen LogP contribution in [0.15, 0.2) is 53.1 Å². The van der Waals surface area contributed by atoms with Crippen molar-refractivity contribution in [1.29, 1.82) is 0 Å². The molecule has 2 nitrogen and oxygen atoms in total. The fourth-order valence-corrected chi connectivity index (χ4v) is 1.81. The highest BCUT2D eigenvalue weighted by Gasteiger charge is 2.04. The Bertz CT molecular complexity index is 640. The lowest BCUT2D eigenvalue weighted by atomic mass is 10.1. The molecule has 3 rings (SSSR count). The van der Waals surface area contributed by atoms with Crippen molar-refractivity contribution in [2.45, 2.75) is 6.92 Å². The van der Waals surface area contributed by atoms with Gasteiger partial charge in [0.15, 0.2) is 0 Å². The molecule has 0 saturated heterocycles. The van der Waals surface area contributed by atoms with E-state index in [1.165, 1.54) is 10.8 Å². The zero-order chi connectivity index (χ0) is 11.0. The summed E-state index contributed by atoms with van der Waals surface area (Å²) in [5.41, 5.74) is 1.93. The number of oxazole rings is 1. The van der Waals surface area contributed by atoms with Gasteiger partial charge in [-0.25, -0.2) is 4.98 Å². The lowest BCUT2D eigenvalue weighted by Gasteiger charge is -1.99. The first-order valence-corrected chi connectivity index (χ1v) is 5.24. The third-order valence-corrected chi connectivity index (χ3v) is 2.62. The van der Waals surface area contributed by atoms with Crippen molar-refractivity contribution in [3.63, 3.8) is 0 Å². The van der Waals surface area contributed by atoms with E-state index in [1.54, 1.807) is 6.26 Å². The second-order valence-corrected chi connectivity index (χ2v) is 3.86. The van der Waals surface area contributed by atoms with Crippen molar-refractivity contribution in [2.75, 3.05) is 0 Å². The Hall–Kier alpha value is -2.09. The van der Waals surface area contributed by atoms with Gasteiger partial charge in [-0.3, -0.25) is 0 Å². The molecule has 0 unspecified atom stereocenters. The Morgan fingerprint density at radius 3 is 2.56 bits per heavy atom. The van der Waals surface area contributed by atoms with Crippen LogP contribution < -0.4 is 0 Å². The molecule has 2 heteroatoms. The summed E-state index contributed by atoms with van der Waals surface area (Å²) in [5.74, 6) is 0.684. The number of nitrogens with zero attached hydrogens (tertiary/aromatic N) is 1. The molecule has 0 bridgehead atoms. The van der Waals surface area contributed by atoms with Crippen LogP contribution in [0.1, 0.15) is 5.69 Å². The zero-order valence-electron chi connectivity index (χ0n) is 8.97. The molecular formula is C14H11NO. The summed E-state index contributed by atoms with van der Waals surface area (Å²) >= 11 is 0. The van der Waals surface area contributed by atoms with Gasteiger partial charge in [-0.2, -0.15) is 0 Å². The minimum Gasteiger partial charge on any atom is -0.444 e. The number of benzene rings is 2. The molecule has 0 atom stereocenters. The first-order valence-electron chi connectivity index (χ1n) is 5.24. The molecule has 0 amide bonds. The fraction of sp³-hybridized carbons (Fsp3) is 0.0714. The lowest BCUT2D eigenvalue weighted by Crippen LogP contribution is -1.79. The first-order chi connectivity index (χ1) is 7.83. The molecule has 0 fully saturated rings. The average molecular weight is 209 g/mol. The van der Waals surface area contributed by atoms with Crippen LogP contribution in [0, 0.1) is 6.92 Å². The van der Waals surface area contributed by atoms with Gasteiger partial charge in [-0.05, 0) is 29.8 Å². The van der Waals surface area contributed by atoms with E-state index in [0.717, 1.165) is 11.3 Å². The normalized spacial score (nSPS) is 10.8. The van der Waals surface area contributed by atoms with Gasteiger partial charge < -0.3 is 4.42 Å². The van der Waals surface area contributed by atoms with E-state index < -0.39 is 0 Å². The number of aromatic nitrogens is 1. The molecule has 0 N–H and O–H groups in total. The smallest absolute Gasteiger partial charge is 0.226 e. The standard InChI is InChI=1S/C14H11NO/c1-10-9-16-14(15-10)13-7-6-11-4-2-3-5-12(11)8-13/h2-9H,1H3. The molecule has 0 aliphatic rings. The maximum atomic E-state index is 5.39. The van der Waals surface area contributed by atoms with Crippen molar-refractivity contribution in [3.8, 4) is 11.5 Å². The van der Waals surface area contributed by atoms with Crippen molar-refractivity contribution in [1.82, 2.24) is 4.98 Å². The van der Waals surface area contributed by atoms with Gasteiger partial charge in [0.05, 0.1) is 5.69 Å². The Balaban J connectivity index is 2.18. The second-order valence-electron chi connectivity index (χ2n) is 3.86. The van der Waals surface area contributed by atoms with E-state index in [0.29, 0.717) is 5.89 Å². The Morgan fingerprint density at radius 1 is 1.00 bits per heavy atom. The summed E-state index contributed by atoms with van der Waals surface area (Å²) < 4.78 is 5.39. The first kappa shape index (κ1) is 9.16. The monoisotopic (exact) mass is 209 g/mol.